The molecule has 0 saturated heterocycles. The van der Waals surface area contributed by atoms with Crippen LogP contribution in [0.3, 0.4) is 0 Å². The van der Waals surface area contributed by atoms with E-state index in [-0.39, 0.29) is 13.0 Å². The maximum atomic E-state index is 12.8. The van der Waals surface area contributed by atoms with Crippen molar-refractivity contribution in [3.8, 4) is 0 Å². The van der Waals surface area contributed by atoms with E-state index in [1.54, 1.807) is 0 Å². The molecule has 0 bridgehead atoms. The van der Waals surface area contributed by atoms with Gasteiger partial charge in [0.25, 0.3) is 5.91 Å². The number of oxime groups is 1. The molecule has 1 aliphatic rings. The quantitative estimate of drug-likeness (QED) is 0.734. The third-order valence-corrected chi connectivity index (χ3v) is 4.82. The Morgan fingerprint density at radius 2 is 1.90 bits per heavy atom. The SMILES string of the molecule is Cc1ccc(C2=NOC(C(=O)NC(C)C(=O)NCc3cccc(C(F)(F)F)c3)C2)cc1. The van der Waals surface area contributed by atoms with E-state index >= 15 is 0 Å². The maximum Gasteiger partial charge on any atom is 0.416 e. The highest BCUT2D eigenvalue weighted by Crippen LogP contribution is 2.29. The Labute approximate surface area is 177 Å². The zero-order valence-electron chi connectivity index (χ0n) is 17.0. The Kier molecular flexibility index (Phi) is 6.62. The number of aryl methyl sites for hydroxylation is 1. The van der Waals surface area contributed by atoms with E-state index in [1.807, 2.05) is 31.2 Å². The van der Waals surface area contributed by atoms with Crippen LogP contribution in [-0.2, 0) is 27.1 Å². The highest BCUT2D eigenvalue weighted by Gasteiger charge is 2.31. The van der Waals surface area contributed by atoms with Gasteiger partial charge in [-0.25, -0.2) is 0 Å². The van der Waals surface area contributed by atoms with Crippen LogP contribution in [0.1, 0.15) is 35.6 Å². The fraction of sp³-hybridized carbons (Fsp3) is 0.318. The Hall–Kier alpha value is -3.36. The van der Waals surface area contributed by atoms with Crippen molar-refractivity contribution >= 4 is 17.5 Å². The number of hydrogen-bond donors (Lipinski definition) is 2. The summed E-state index contributed by atoms with van der Waals surface area (Å²) in [5.74, 6) is -1.02. The molecule has 0 aromatic heterocycles. The molecule has 2 amide bonds. The van der Waals surface area contributed by atoms with Gasteiger partial charge in [-0.2, -0.15) is 13.2 Å². The van der Waals surface area contributed by atoms with Crippen molar-refractivity contribution in [2.24, 2.45) is 5.16 Å². The van der Waals surface area contributed by atoms with Crippen LogP contribution in [0.15, 0.2) is 53.7 Å². The minimum absolute atomic E-state index is 0.0937. The molecular formula is C22H22F3N3O3. The first-order valence-corrected chi connectivity index (χ1v) is 9.67. The zero-order valence-corrected chi connectivity index (χ0v) is 17.0. The van der Waals surface area contributed by atoms with E-state index in [2.05, 4.69) is 15.8 Å². The summed E-state index contributed by atoms with van der Waals surface area (Å²) < 4.78 is 38.4. The van der Waals surface area contributed by atoms with Crippen LogP contribution < -0.4 is 10.6 Å². The fourth-order valence-electron chi connectivity index (χ4n) is 3.01. The molecule has 2 unspecified atom stereocenters. The second-order valence-electron chi connectivity index (χ2n) is 7.35. The molecule has 3 rings (SSSR count). The fourth-order valence-corrected chi connectivity index (χ4v) is 3.01. The van der Waals surface area contributed by atoms with Crippen LogP contribution in [0.5, 0.6) is 0 Å². The minimum atomic E-state index is -4.46. The molecule has 0 spiro atoms. The van der Waals surface area contributed by atoms with E-state index in [0.29, 0.717) is 11.3 Å². The third-order valence-electron chi connectivity index (χ3n) is 4.82. The van der Waals surface area contributed by atoms with E-state index < -0.39 is 35.7 Å². The van der Waals surface area contributed by atoms with E-state index in [0.717, 1.165) is 23.3 Å². The molecular weight excluding hydrogens is 411 g/mol. The van der Waals surface area contributed by atoms with Crippen molar-refractivity contribution in [3.05, 3.63) is 70.8 Å². The van der Waals surface area contributed by atoms with Gasteiger partial charge in [0.15, 0.2) is 0 Å². The Morgan fingerprint density at radius 1 is 1.19 bits per heavy atom. The molecule has 2 aromatic carbocycles. The van der Waals surface area contributed by atoms with Crippen LogP contribution in [0.2, 0.25) is 0 Å². The average molecular weight is 433 g/mol. The van der Waals surface area contributed by atoms with Gasteiger partial charge in [0.2, 0.25) is 12.0 Å². The number of amides is 2. The highest BCUT2D eigenvalue weighted by molar-refractivity contribution is 6.04. The molecule has 9 heteroatoms. The van der Waals surface area contributed by atoms with Gasteiger partial charge in [-0.15, -0.1) is 0 Å². The van der Waals surface area contributed by atoms with Crippen LogP contribution in [0, 0.1) is 6.92 Å². The number of rotatable bonds is 6. The molecule has 6 nitrogen and oxygen atoms in total. The molecule has 2 N–H and O–H groups in total. The molecule has 2 aromatic rings. The summed E-state index contributed by atoms with van der Waals surface area (Å²) in [5, 5.41) is 9.03. The van der Waals surface area contributed by atoms with Crippen molar-refractivity contribution in [2.75, 3.05) is 0 Å². The second-order valence-corrected chi connectivity index (χ2v) is 7.35. The summed E-state index contributed by atoms with van der Waals surface area (Å²) in [7, 11) is 0. The Bertz CT molecular complexity index is 987. The molecule has 31 heavy (non-hydrogen) atoms. The van der Waals surface area contributed by atoms with Crippen molar-refractivity contribution in [2.45, 2.75) is 45.1 Å². The van der Waals surface area contributed by atoms with E-state index in [4.69, 9.17) is 4.84 Å². The second kappa shape index (κ2) is 9.20. The number of halogens is 3. The number of carbonyl (C=O) groups excluding carboxylic acids is 2. The van der Waals surface area contributed by atoms with Crippen LogP contribution in [0.4, 0.5) is 13.2 Å². The lowest BCUT2D eigenvalue weighted by Gasteiger charge is -2.16. The molecule has 1 heterocycles. The maximum absolute atomic E-state index is 12.8. The number of nitrogens with zero attached hydrogens (tertiary/aromatic N) is 1. The van der Waals surface area contributed by atoms with Gasteiger partial charge < -0.3 is 15.5 Å². The average Bonchev–Trinajstić information content (AvgIpc) is 3.22. The van der Waals surface area contributed by atoms with Crippen molar-refractivity contribution in [1.29, 1.82) is 0 Å². The van der Waals surface area contributed by atoms with Gasteiger partial charge in [0.05, 0.1) is 11.3 Å². The standard InChI is InChI=1S/C22H22F3N3O3/c1-13-6-8-16(9-7-13)18-11-19(31-28-18)21(30)27-14(2)20(29)26-12-15-4-3-5-17(10-15)22(23,24)25/h3-10,14,19H,11-12H2,1-2H3,(H,26,29)(H,27,30). The van der Waals surface area contributed by atoms with Gasteiger partial charge >= 0.3 is 6.18 Å². The topological polar surface area (TPSA) is 79.8 Å². The summed E-state index contributed by atoms with van der Waals surface area (Å²) in [6, 6.07) is 11.4. The lowest BCUT2D eigenvalue weighted by atomic mass is 10.0. The first kappa shape index (κ1) is 22.3. The predicted octanol–water partition coefficient (Wildman–Crippen LogP) is 3.33. The minimum Gasteiger partial charge on any atom is -0.382 e. The number of carbonyl (C=O) groups is 2. The normalized spacial score (nSPS) is 16.8. The van der Waals surface area contributed by atoms with Gasteiger partial charge in [-0.3, -0.25) is 9.59 Å². The summed E-state index contributed by atoms with van der Waals surface area (Å²) >= 11 is 0. The number of hydrogen-bond acceptors (Lipinski definition) is 4. The lowest BCUT2D eigenvalue weighted by molar-refractivity contribution is -0.137. The monoisotopic (exact) mass is 433 g/mol. The predicted molar refractivity (Wildman–Crippen MR) is 108 cm³/mol. The molecule has 164 valence electrons. The summed E-state index contributed by atoms with van der Waals surface area (Å²) in [6.45, 7) is 3.35. The zero-order chi connectivity index (χ0) is 22.6. The molecule has 0 saturated carbocycles. The van der Waals surface area contributed by atoms with Crippen molar-refractivity contribution in [3.63, 3.8) is 0 Å². The largest absolute Gasteiger partial charge is 0.416 e. The first-order chi connectivity index (χ1) is 14.6. The third kappa shape index (κ3) is 5.84. The molecule has 1 aliphatic heterocycles. The van der Waals surface area contributed by atoms with E-state index in [9.17, 15) is 22.8 Å². The molecule has 2 atom stereocenters. The van der Waals surface area contributed by atoms with Crippen LogP contribution >= 0.6 is 0 Å². The van der Waals surface area contributed by atoms with Crippen molar-refractivity contribution in [1.82, 2.24) is 10.6 Å². The number of nitrogens with one attached hydrogen (secondary N) is 2. The molecule has 0 radical (unpaired) electrons. The smallest absolute Gasteiger partial charge is 0.382 e. The molecule has 0 aliphatic carbocycles. The van der Waals surface area contributed by atoms with Gasteiger partial charge in [0.1, 0.15) is 6.04 Å². The van der Waals surface area contributed by atoms with Crippen molar-refractivity contribution < 1.29 is 27.6 Å². The van der Waals surface area contributed by atoms with E-state index in [1.165, 1.54) is 19.1 Å². The van der Waals surface area contributed by atoms with Crippen LogP contribution in [-0.4, -0.2) is 29.7 Å². The Morgan fingerprint density at radius 3 is 2.58 bits per heavy atom. The van der Waals surface area contributed by atoms with Gasteiger partial charge in [-0.1, -0.05) is 47.1 Å². The van der Waals surface area contributed by atoms with Gasteiger partial charge in [-0.05, 0) is 37.1 Å². The summed E-state index contributed by atoms with van der Waals surface area (Å²) in [6.07, 6.45) is -5.04. The first-order valence-electron chi connectivity index (χ1n) is 9.67. The summed E-state index contributed by atoms with van der Waals surface area (Å²) in [5.41, 5.74) is 2.11. The molecule has 0 fully saturated rings. The number of benzene rings is 2. The summed E-state index contributed by atoms with van der Waals surface area (Å²) in [4.78, 5) is 29.9. The highest BCUT2D eigenvalue weighted by atomic mass is 19.4. The number of alkyl halides is 3. The Balaban J connectivity index is 1.49. The van der Waals surface area contributed by atoms with Gasteiger partial charge in [0, 0.05) is 13.0 Å². The lowest BCUT2D eigenvalue weighted by Crippen LogP contribution is -2.48. The van der Waals surface area contributed by atoms with Crippen LogP contribution in [0.25, 0.3) is 0 Å².